The van der Waals surface area contributed by atoms with Crippen molar-refractivity contribution in [2.75, 3.05) is 12.3 Å². The molecule has 7 heteroatoms. The lowest BCUT2D eigenvalue weighted by Gasteiger charge is -2.29. The molecule has 0 radical (unpaired) electrons. The lowest BCUT2D eigenvalue weighted by atomic mass is 9.92. The van der Waals surface area contributed by atoms with Gasteiger partial charge in [0.25, 0.3) is 11.8 Å². The van der Waals surface area contributed by atoms with Crippen LogP contribution in [-0.4, -0.2) is 41.7 Å². The molecule has 0 aliphatic rings. The van der Waals surface area contributed by atoms with Crippen molar-refractivity contribution in [1.82, 2.24) is 10.6 Å². The predicted octanol–water partition coefficient (Wildman–Crippen LogP) is 4.59. The normalized spacial score (nSPS) is 13.4. The molecule has 0 spiro atoms. The Hall–Kier alpha value is -3.84. The standard InChI is InChI=1S/C32H41N3O4/c1-21(2)16-27(34-32(38)25-14-9-15-26(33)18-25)19-29(36)28(17-24-12-6-5-7-13-24)35-30(37)20-39-31-22(3)10-8-11-23(31)4/h5-15,18,21,27-29,36H,16-17,19-20,33H2,1-4H3,(H,34,38)(H,35,37)/t27-,28-,29-/m0/s1. The quantitative estimate of drug-likeness (QED) is 0.241. The van der Waals surface area contributed by atoms with E-state index in [0.29, 0.717) is 29.8 Å². The summed E-state index contributed by atoms with van der Waals surface area (Å²) >= 11 is 0. The van der Waals surface area contributed by atoms with E-state index < -0.39 is 12.1 Å². The molecule has 0 aliphatic carbocycles. The molecule has 39 heavy (non-hydrogen) atoms. The second-order valence-corrected chi connectivity index (χ2v) is 10.6. The zero-order valence-electron chi connectivity index (χ0n) is 23.3. The SMILES string of the molecule is Cc1cccc(C)c1OCC(=O)N[C@@H](Cc1ccccc1)[C@@H](O)C[C@H](CC(C)C)NC(=O)c1cccc(N)c1. The fourth-order valence-corrected chi connectivity index (χ4v) is 4.75. The monoisotopic (exact) mass is 531 g/mol. The van der Waals surface area contributed by atoms with Crippen LogP contribution in [0.2, 0.25) is 0 Å². The summed E-state index contributed by atoms with van der Waals surface area (Å²) in [5.41, 5.74) is 9.73. The zero-order valence-corrected chi connectivity index (χ0v) is 23.3. The topological polar surface area (TPSA) is 114 Å². The summed E-state index contributed by atoms with van der Waals surface area (Å²) in [6.45, 7) is 7.86. The predicted molar refractivity (Wildman–Crippen MR) is 156 cm³/mol. The number of hydrogen-bond acceptors (Lipinski definition) is 5. The summed E-state index contributed by atoms with van der Waals surface area (Å²) in [6, 6.07) is 21.5. The molecule has 3 aromatic rings. The third-order valence-electron chi connectivity index (χ3n) is 6.63. The van der Waals surface area contributed by atoms with E-state index in [1.807, 2.05) is 62.4 Å². The number of aryl methyl sites for hydroxylation is 2. The zero-order chi connectivity index (χ0) is 28.4. The molecule has 3 atom stereocenters. The molecule has 7 nitrogen and oxygen atoms in total. The number of aliphatic hydroxyl groups excluding tert-OH is 1. The largest absolute Gasteiger partial charge is 0.483 e. The van der Waals surface area contributed by atoms with Gasteiger partial charge in [-0.1, -0.05) is 68.4 Å². The number of benzene rings is 3. The van der Waals surface area contributed by atoms with Gasteiger partial charge in [-0.2, -0.15) is 0 Å². The van der Waals surface area contributed by atoms with Crippen LogP contribution in [0.15, 0.2) is 72.8 Å². The van der Waals surface area contributed by atoms with Crippen molar-refractivity contribution in [2.24, 2.45) is 5.92 Å². The van der Waals surface area contributed by atoms with Crippen LogP contribution in [0.25, 0.3) is 0 Å². The lowest BCUT2D eigenvalue weighted by Crippen LogP contribution is -2.49. The number of amides is 2. The summed E-state index contributed by atoms with van der Waals surface area (Å²) < 4.78 is 5.84. The van der Waals surface area contributed by atoms with E-state index in [9.17, 15) is 14.7 Å². The Morgan fingerprint density at radius 3 is 2.21 bits per heavy atom. The number of ether oxygens (including phenoxy) is 1. The number of anilines is 1. The Bertz CT molecular complexity index is 1210. The molecule has 2 amide bonds. The number of nitrogens with two attached hydrogens (primary N) is 1. The number of rotatable bonds is 13. The van der Waals surface area contributed by atoms with E-state index in [0.717, 1.165) is 16.7 Å². The van der Waals surface area contributed by atoms with Gasteiger partial charge in [-0.3, -0.25) is 9.59 Å². The summed E-state index contributed by atoms with van der Waals surface area (Å²) in [4.78, 5) is 25.9. The first-order valence-corrected chi connectivity index (χ1v) is 13.5. The maximum atomic E-state index is 13.0. The van der Waals surface area contributed by atoms with Crippen molar-refractivity contribution in [3.05, 3.63) is 95.1 Å². The highest BCUT2D eigenvalue weighted by Gasteiger charge is 2.27. The fraction of sp³-hybridized carbons (Fsp3) is 0.375. The summed E-state index contributed by atoms with van der Waals surface area (Å²) in [5.74, 6) is 0.415. The maximum absolute atomic E-state index is 13.0. The molecule has 0 heterocycles. The van der Waals surface area contributed by atoms with E-state index in [1.54, 1.807) is 24.3 Å². The van der Waals surface area contributed by atoms with Gasteiger partial charge in [-0.15, -0.1) is 0 Å². The van der Waals surface area contributed by atoms with Crippen LogP contribution in [0.3, 0.4) is 0 Å². The molecule has 0 bridgehead atoms. The average molecular weight is 532 g/mol. The number of nitrogen functional groups attached to an aromatic ring is 1. The molecule has 3 aromatic carbocycles. The molecule has 0 saturated heterocycles. The number of nitrogens with one attached hydrogen (secondary N) is 2. The van der Waals surface area contributed by atoms with Gasteiger partial charge in [0.1, 0.15) is 5.75 Å². The summed E-state index contributed by atoms with van der Waals surface area (Å²) in [6.07, 6.45) is 0.489. The minimum atomic E-state index is -0.903. The number of hydrogen-bond donors (Lipinski definition) is 4. The van der Waals surface area contributed by atoms with E-state index >= 15 is 0 Å². The van der Waals surface area contributed by atoms with Crippen molar-refractivity contribution in [1.29, 1.82) is 0 Å². The van der Waals surface area contributed by atoms with Gasteiger partial charge in [0.2, 0.25) is 0 Å². The van der Waals surface area contributed by atoms with Crippen molar-refractivity contribution in [3.63, 3.8) is 0 Å². The lowest BCUT2D eigenvalue weighted by molar-refractivity contribution is -0.124. The van der Waals surface area contributed by atoms with Gasteiger partial charge < -0.3 is 26.2 Å². The van der Waals surface area contributed by atoms with Crippen molar-refractivity contribution in [2.45, 2.75) is 65.1 Å². The molecule has 5 N–H and O–H groups in total. The van der Waals surface area contributed by atoms with Crippen LogP contribution in [0.1, 0.15) is 53.7 Å². The highest BCUT2D eigenvalue weighted by Crippen LogP contribution is 2.22. The van der Waals surface area contributed by atoms with Gasteiger partial charge in [-0.25, -0.2) is 0 Å². The molecule has 208 valence electrons. The van der Waals surface area contributed by atoms with Gasteiger partial charge in [0.15, 0.2) is 6.61 Å². The third-order valence-corrected chi connectivity index (χ3v) is 6.63. The second-order valence-electron chi connectivity index (χ2n) is 10.6. The highest BCUT2D eigenvalue weighted by atomic mass is 16.5. The smallest absolute Gasteiger partial charge is 0.258 e. The third kappa shape index (κ3) is 9.45. The molecule has 0 aliphatic heterocycles. The minimum absolute atomic E-state index is 0.161. The molecule has 0 fully saturated rings. The summed E-state index contributed by atoms with van der Waals surface area (Å²) in [5, 5.41) is 17.4. The average Bonchev–Trinajstić information content (AvgIpc) is 2.88. The molecule has 0 aromatic heterocycles. The van der Waals surface area contributed by atoms with E-state index in [-0.39, 0.29) is 36.8 Å². The number of carbonyl (C=O) groups excluding carboxylic acids is 2. The van der Waals surface area contributed by atoms with Crippen LogP contribution in [0, 0.1) is 19.8 Å². The first-order chi connectivity index (χ1) is 18.6. The van der Waals surface area contributed by atoms with Crippen molar-refractivity contribution < 1.29 is 19.4 Å². The molecule has 0 unspecified atom stereocenters. The van der Waals surface area contributed by atoms with Crippen LogP contribution >= 0.6 is 0 Å². The van der Waals surface area contributed by atoms with E-state index in [2.05, 4.69) is 24.5 Å². The van der Waals surface area contributed by atoms with Crippen LogP contribution in [0.4, 0.5) is 5.69 Å². The van der Waals surface area contributed by atoms with Gasteiger partial charge in [-0.05, 0) is 73.9 Å². The van der Waals surface area contributed by atoms with Gasteiger partial charge in [0.05, 0.1) is 12.1 Å². The van der Waals surface area contributed by atoms with Gasteiger partial charge in [0, 0.05) is 17.3 Å². The van der Waals surface area contributed by atoms with Crippen molar-refractivity contribution >= 4 is 17.5 Å². The Balaban J connectivity index is 1.72. The fourth-order valence-electron chi connectivity index (χ4n) is 4.75. The number of para-hydroxylation sites is 1. The van der Waals surface area contributed by atoms with E-state index in [1.165, 1.54) is 0 Å². The van der Waals surface area contributed by atoms with Crippen LogP contribution in [-0.2, 0) is 11.2 Å². The molecular formula is C32H41N3O4. The molecular weight excluding hydrogens is 490 g/mol. The summed E-state index contributed by atoms with van der Waals surface area (Å²) in [7, 11) is 0. The molecule has 0 saturated carbocycles. The first kappa shape index (κ1) is 29.7. The Morgan fingerprint density at radius 2 is 1.56 bits per heavy atom. The number of aliphatic hydroxyl groups is 1. The van der Waals surface area contributed by atoms with E-state index in [4.69, 9.17) is 10.5 Å². The van der Waals surface area contributed by atoms with Gasteiger partial charge >= 0.3 is 0 Å². The Kier molecular flexibility index (Phi) is 10.9. The van der Waals surface area contributed by atoms with Crippen LogP contribution in [0.5, 0.6) is 5.75 Å². The van der Waals surface area contributed by atoms with Crippen molar-refractivity contribution in [3.8, 4) is 5.75 Å². The Morgan fingerprint density at radius 1 is 0.897 bits per heavy atom. The number of carbonyl (C=O) groups is 2. The highest BCUT2D eigenvalue weighted by molar-refractivity contribution is 5.95. The van der Waals surface area contributed by atoms with Crippen LogP contribution < -0.4 is 21.1 Å². The second kappa shape index (κ2) is 14.4. The first-order valence-electron chi connectivity index (χ1n) is 13.5. The Labute approximate surface area is 231 Å². The minimum Gasteiger partial charge on any atom is -0.483 e. The molecule has 3 rings (SSSR count). The maximum Gasteiger partial charge on any atom is 0.258 e.